The number of benzene rings is 1. The van der Waals surface area contributed by atoms with Crippen molar-refractivity contribution in [1.29, 1.82) is 0 Å². The molecule has 0 spiro atoms. The molecule has 1 aromatic carbocycles. The normalized spacial score (nSPS) is 28.3. The second kappa shape index (κ2) is 12.8. The zero-order valence-electron chi connectivity index (χ0n) is 23.7. The molecule has 0 aliphatic heterocycles. The maximum absolute atomic E-state index is 13.6. The number of carbonyl (C=O) groups excluding carboxylic acids is 2. The molecule has 0 bridgehead atoms. The fraction of sp³-hybridized carbons (Fsp3) is 0.710. The fourth-order valence-electron chi connectivity index (χ4n) is 6.95. The topological polar surface area (TPSA) is 52.2 Å². The Hall–Kier alpha value is -1.88. The average Bonchev–Trinajstić information content (AvgIpc) is 3.15. The summed E-state index contributed by atoms with van der Waals surface area (Å²) in [4.78, 5) is 26.7. The summed E-state index contributed by atoms with van der Waals surface area (Å²) in [5, 5.41) is 0. The molecule has 6 heteroatoms. The Labute approximate surface area is 229 Å². The Morgan fingerprint density at radius 3 is 2.24 bits per heavy atom. The molecule has 0 saturated heterocycles. The predicted molar refractivity (Wildman–Crippen MR) is 143 cm³/mol. The zero-order chi connectivity index (χ0) is 26.0. The van der Waals surface area contributed by atoms with Gasteiger partial charge in [-0.2, -0.15) is 0 Å². The Bertz CT molecular complexity index is 1060. The van der Waals surface area contributed by atoms with Gasteiger partial charge in [-0.05, 0) is 73.3 Å². The lowest BCUT2D eigenvalue weighted by Gasteiger charge is -2.36. The number of imidazole rings is 1. The molecule has 6 unspecified atom stereocenters. The van der Waals surface area contributed by atoms with Gasteiger partial charge in [0.05, 0.1) is 0 Å². The highest BCUT2D eigenvalue weighted by Gasteiger charge is 2.37. The quantitative estimate of drug-likeness (QED) is 0.389. The number of hydrogen-bond acceptors (Lipinski definition) is 3. The third-order valence-corrected chi connectivity index (χ3v) is 9.08. The minimum atomic E-state index is -0.181. The van der Waals surface area contributed by atoms with Gasteiger partial charge in [0.15, 0.2) is 23.4 Å². The van der Waals surface area contributed by atoms with Crippen LogP contribution in [-0.4, -0.2) is 22.4 Å². The number of ketones is 1. The van der Waals surface area contributed by atoms with Crippen LogP contribution in [0.1, 0.15) is 80.1 Å². The first kappa shape index (κ1) is 29.7. The molecule has 2 saturated carbocycles. The van der Waals surface area contributed by atoms with E-state index in [9.17, 15) is 9.59 Å². The summed E-state index contributed by atoms with van der Waals surface area (Å²) < 4.78 is 10.1. The summed E-state index contributed by atoms with van der Waals surface area (Å²) in [6.07, 6.45) is 8.59. The number of halogens is 1. The first-order valence-corrected chi connectivity index (χ1v) is 14.3. The molecule has 0 N–H and O–H groups in total. The highest BCUT2D eigenvalue weighted by atomic mass is 35.5. The summed E-state index contributed by atoms with van der Waals surface area (Å²) in [5.74, 6) is 3.38. The third kappa shape index (κ3) is 6.96. The van der Waals surface area contributed by atoms with Gasteiger partial charge in [0.1, 0.15) is 12.6 Å². The maximum Gasteiger partial charge on any atom is 0.348 e. The van der Waals surface area contributed by atoms with Gasteiger partial charge in [0.25, 0.3) is 0 Å². The van der Waals surface area contributed by atoms with Crippen molar-refractivity contribution in [3.05, 3.63) is 30.6 Å². The Kier molecular flexibility index (Phi) is 10.2. The minimum absolute atomic E-state index is 0. The smallest absolute Gasteiger partial charge is 0.348 e. The number of ether oxygens (including phenoxy) is 1. The number of hydrogen-bond donors (Lipinski definition) is 0. The Balaban J connectivity index is 0.00000380. The lowest BCUT2D eigenvalue weighted by Crippen LogP contribution is -3.00. The lowest BCUT2D eigenvalue weighted by molar-refractivity contribution is -0.659. The van der Waals surface area contributed by atoms with Gasteiger partial charge in [0, 0.05) is 5.92 Å². The van der Waals surface area contributed by atoms with Gasteiger partial charge in [-0.15, -0.1) is 0 Å². The van der Waals surface area contributed by atoms with Crippen molar-refractivity contribution in [3.63, 3.8) is 0 Å². The number of rotatable bonds is 8. The molecule has 37 heavy (non-hydrogen) atoms. The van der Waals surface area contributed by atoms with E-state index >= 15 is 0 Å². The van der Waals surface area contributed by atoms with Crippen molar-refractivity contribution < 1.29 is 31.3 Å². The van der Waals surface area contributed by atoms with Crippen LogP contribution >= 0.6 is 0 Å². The molecular formula is C31H47ClN2O3. The number of carbonyl (C=O) groups is 2. The largest absolute Gasteiger partial charge is 1.00 e. The third-order valence-electron chi connectivity index (χ3n) is 9.08. The second-order valence-electron chi connectivity index (χ2n) is 12.6. The van der Waals surface area contributed by atoms with Gasteiger partial charge < -0.3 is 17.1 Å². The standard InChI is InChI=1S/C31H47N2O3.ClH/c1-20(2)24-13-11-22(5)15-26(24)29(34)17-32-19-33(28-10-8-7-9-27(28)32)18-31(35)36-30-16-23(6)12-14-25(30)21(3)4;/h7-10,19-26,30H,11-18H2,1-6H3;1H/q+1;/p-1. The molecule has 1 heterocycles. The van der Waals surface area contributed by atoms with Crippen LogP contribution in [-0.2, 0) is 27.4 Å². The first-order chi connectivity index (χ1) is 17.1. The van der Waals surface area contributed by atoms with E-state index in [0.29, 0.717) is 47.8 Å². The monoisotopic (exact) mass is 530 g/mol. The SMILES string of the molecule is CC1CCC(C(C)C)C(OC(=O)Cn2c[n+](CC(=O)C3CC(C)CCC3C(C)C)c3ccccc32)C1.[Cl-]. The predicted octanol–water partition coefficient (Wildman–Crippen LogP) is 3.21. The second-order valence-corrected chi connectivity index (χ2v) is 12.6. The molecule has 4 rings (SSSR count). The summed E-state index contributed by atoms with van der Waals surface area (Å²) in [6.45, 7) is 14.0. The number of aromatic nitrogens is 2. The van der Waals surface area contributed by atoms with Crippen LogP contribution in [0.4, 0.5) is 0 Å². The van der Waals surface area contributed by atoms with E-state index in [1.165, 1.54) is 12.8 Å². The van der Waals surface area contributed by atoms with Crippen LogP contribution in [0.5, 0.6) is 0 Å². The van der Waals surface area contributed by atoms with Crippen molar-refractivity contribution in [1.82, 2.24) is 4.57 Å². The molecule has 2 aliphatic rings. The van der Waals surface area contributed by atoms with Gasteiger partial charge >= 0.3 is 5.97 Å². The number of para-hydroxylation sites is 2. The van der Waals surface area contributed by atoms with E-state index in [1.54, 1.807) is 0 Å². The summed E-state index contributed by atoms with van der Waals surface area (Å²) in [5.41, 5.74) is 1.96. The van der Waals surface area contributed by atoms with Gasteiger partial charge in [-0.3, -0.25) is 4.79 Å². The molecule has 2 aromatic rings. The average molecular weight is 531 g/mol. The molecule has 5 nitrogen and oxygen atoms in total. The summed E-state index contributed by atoms with van der Waals surface area (Å²) in [7, 11) is 0. The van der Waals surface area contributed by atoms with Crippen molar-refractivity contribution >= 4 is 22.8 Å². The highest BCUT2D eigenvalue weighted by molar-refractivity contribution is 5.81. The lowest BCUT2D eigenvalue weighted by atomic mass is 9.68. The number of nitrogens with zero attached hydrogens (tertiary/aromatic N) is 2. The zero-order valence-corrected chi connectivity index (χ0v) is 24.4. The first-order valence-electron chi connectivity index (χ1n) is 14.3. The van der Waals surface area contributed by atoms with Crippen LogP contribution in [0.25, 0.3) is 11.0 Å². The number of esters is 1. The van der Waals surface area contributed by atoms with E-state index in [-0.39, 0.29) is 36.9 Å². The van der Waals surface area contributed by atoms with Gasteiger partial charge in [-0.1, -0.05) is 66.5 Å². The highest BCUT2D eigenvalue weighted by Crippen LogP contribution is 2.39. The van der Waals surface area contributed by atoms with E-state index in [2.05, 4.69) is 41.5 Å². The fourth-order valence-corrected chi connectivity index (χ4v) is 6.95. The van der Waals surface area contributed by atoms with Gasteiger partial charge in [-0.25, -0.2) is 13.9 Å². The summed E-state index contributed by atoms with van der Waals surface area (Å²) in [6, 6.07) is 8.07. The molecule has 2 fully saturated rings. The summed E-state index contributed by atoms with van der Waals surface area (Å²) >= 11 is 0. The molecular weight excluding hydrogens is 484 g/mol. The van der Waals surface area contributed by atoms with E-state index in [1.807, 2.05) is 39.7 Å². The molecule has 206 valence electrons. The van der Waals surface area contributed by atoms with Crippen molar-refractivity contribution in [2.24, 2.45) is 41.4 Å². The van der Waals surface area contributed by atoms with Crippen LogP contribution in [0.3, 0.4) is 0 Å². The van der Waals surface area contributed by atoms with Crippen molar-refractivity contribution in [3.8, 4) is 0 Å². The maximum atomic E-state index is 13.6. The minimum Gasteiger partial charge on any atom is -1.00 e. The van der Waals surface area contributed by atoms with Crippen LogP contribution in [0, 0.1) is 41.4 Å². The van der Waals surface area contributed by atoms with Crippen LogP contribution in [0.2, 0.25) is 0 Å². The molecule has 6 atom stereocenters. The van der Waals surface area contributed by atoms with E-state index in [0.717, 1.165) is 36.7 Å². The van der Waals surface area contributed by atoms with Crippen LogP contribution in [0.15, 0.2) is 30.6 Å². The molecule has 0 radical (unpaired) electrons. The Morgan fingerprint density at radius 1 is 0.946 bits per heavy atom. The molecule has 2 aliphatic carbocycles. The van der Waals surface area contributed by atoms with Crippen molar-refractivity contribution in [2.75, 3.05) is 0 Å². The number of fused-ring (bicyclic) bond motifs is 1. The number of Topliss-reactive ketones (excluding diaryl/α,β-unsaturated/α-hetero) is 1. The van der Waals surface area contributed by atoms with Crippen molar-refractivity contribution in [2.45, 2.75) is 99.3 Å². The molecule has 1 aromatic heterocycles. The van der Waals surface area contributed by atoms with Crippen LogP contribution < -0.4 is 17.0 Å². The Morgan fingerprint density at radius 2 is 1.57 bits per heavy atom. The molecule has 0 amide bonds. The van der Waals surface area contributed by atoms with Gasteiger partial charge in [0.2, 0.25) is 6.33 Å². The van der Waals surface area contributed by atoms with E-state index < -0.39 is 0 Å². The van der Waals surface area contributed by atoms with E-state index in [4.69, 9.17) is 4.74 Å².